The first-order chi connectivity index (χ1) is 11.9. The van der Waals surface area contributed by atoms with Crippen molar-refractivity contribution in [2.75, 3.05) is 5.32 Å². The van der Waals surface area contributed by atoms with Crippen LogP contribution in [0.2, 0.25) is 0 Å². The van der Waals surface area contributed by atoms with Crippen molar-refractivity contribution in [3.8, 4) is 0 Å². The van der Waals surface area contributed by atoms with E-state index in [0.717, 1.165) is 10.8 Å². The number of rotatable bonds is 2. The highest BCUT2D eigenvalue weighted by molar-refractivity contribution is 6.65. The molecule has 1 aromatic carbocycles. The zero-order chi connectivity index (χ0) is 19.3. The Kier molecular flexibility index (Phi) is 4.36. The summed E-state index contributed by atoms with van der Waals surface area (Å²) >= 11 is 0. The second-order valence-corrected chi connectivity index (χ2v) is 8.62. The van der Waals surface area contributed by atoms with E-state index in [4.69, 9.17) is 18.5 Å². The maximum atomic E-state index is 12.1. The molecule has 0 unspecified atom stereocenters. The highest BCUT2D eigenvalue weighted by atomic mass is 16.7. The molecule has 140 valence electrons. The Morgan fingerprint density at radius 3 is 2.31 bits per heavy atom. The fourth-order valence-corrected chi connectivity index (χ4v) is 2.75. The van der Waals surface area contributed by atoms with E-state index in [2.05, 4.69) is 5.32 Å². The molecule has 0 atom stereocenters. The fourth-order valence-electron chi connectivity index (χ4n) is 2.75. The molecule has 2 aromatic rings. The van der Waals surface area contributed by atoms with Crippen LogP contribution in [0.1, 0.15) is 48.5 Å². The van der Waals surface area contributed by atoms with Gasteiger partial charge >= 0.3 is 13.2 Å². The lowest BCUT2D eigenvalue weighted by atomic mass is 9.78. The van der Waals surface area contributed by atoms with Gasteiger partial charge in [0.1, 0.15) is 11.2 Å². The van der Waals surface area contributed by atoms with Crippen LogP contribution in [0.15, 0.2) is 28.9 Å². The summed E-state index contributed by atoms with van der Waals surface area (Å²) < 4.78 is 23.2. The summed E-state index contributed by atoms with van der Waals surface area (Å²) in [5.74, 6) is 0. The van der Waals surface area contributed by atoms with Crippen LogP contribution in [0.25, 0.3) is 11.0 Å². The van der Waals surface area contributed by atoms with Gasteiger partial charge in [0.05, 0.1) is 17.5 Å². The first-order valence-electron chi connectivity index (χ1n) is 8.75. The molecule has 1 fully saturated rings. The average Bonchev–Trinajstić information content (AvgIpc) is 2.98. The van der Waals surface area contributed by atoms with E-state index in [0.29, 0.717) is 11.3 Å². The first-order valence-corrected chi connectivity index (χ1v) is 8.75. The predicted octanol–water partition coefficient (Wildman–Crippen LogP) is 4.08. The van der Waals surface area contributed by atoms with Crippen LogP contribution in [0, 0.1) is 0 Å². The van der Waals surface area contributed by atoms with Gasteiger partial charge in [-0.1, -0.05) is 0 Å². The molecule has 7 heteroatoms. The Balaban J connectivity index is 1.94. The van der Waals surface area contributed by atoms with E-state index >= 15 is 0 Å². The molecule has 2 heterocycles. The molecule has 1 aliphatic heterocycles. The van der Waals surface area contributed by atoms with E-state index in [-0.39, 0.29) is 0 Å². The van der Waals surface area contributed by atoms with Gasteiger partial charge in [0.25, 0.3) is 0 Å². The second-order valence-electron chi connectivity index (χ2n) is 8.62. The minimum Gasteiger partial charge on any atom is -0.465 e. The van der Waals surface area contributed by atoms with Crippen molar-refractivity contribution in [1.29, 1.82) is 0 Å². The van der Waals surface area contributed by atoms with Gasteiger partial charge in [0.2, 0.25) is 0 Å². The zero-order valence-corrected chi connectivity index (χ0v) is 16.4. The van der Waals surface area contributed by atoms with Crippen LogP contribution in [-0.4, -0.2) is 30.0 Å². The molecule has 0 radical (unpaired) electrons. The highest BCUT2D eigenvalue weighted by Gasteiger charge is 2.52. The van der Waals surface area contributed by atoms with Gasteiger partial charge in [0.15, 0.2) is 0 Å². The van der Waals surface area contributed by atoms with Gasteiger partial charge in [-0.05, 0) is 66.7 Å². The van der Waals surface area contributed by atoms with E-state index < -0.39 is 30.0 Å². The fraction of sp³-hybridized carbons (Fsp3) is 0.526. The number of anilines is 1. The zero-order valence-electron chi connectivity index (χ0n) is 16.4. The number of carbonyl (C=O) groups is 1. The van der Waals surface area contributed by atoms with Crippen LogP contribution in [0.5, 0.6) is 0 Å². The van der Waals surface area contributed by atoms with Crippen molar-refractivity contribution in [1.82, 2.24) is 0 Å². The maximum Gasteiger partial charge on any atom is 0.498 e. The third kappa shape index (κ3) is 3.59. The van der Waals surface area contributed by atoms with E-state index in [1.807, 2.05) is 60.6 Å². The molecule has 1 saturated heterocycles. The molecular weight excluding hydrogens is 333 g/mol. The van der Waals surface area contributed by atoms with Gasteiger partial charge in [-0.15, -0.1) is 0 Å². The number of furan rings is 1. The third-order valence-electron chi connectivity index (χ3n) is 4.73. The van der Waals surface area contributed by atoms with Gasteiger partial charge < -0.3 is 18.5 Å². The molecule has 26 heavy (non-hydrogen) atoms. The topological polar surface area (TPSA) is 69.9 Å². The Bertz CT molecular complexity index is 818. The third-order valence-corrected chi connectivity index (χ3v) is 4.73. The highest BCUT2D eigenvalue weighted by Crippen LogP contribution is 2.37. The van der Waals surface area contributed by atoms with Gasteiger partial charge in [-0.2, -0.15) is 0 Å². The monoisotopic (exact) mass is 359 g/mol. The SMILES string of the molecule is CC(C)(C)OC(=O)Nc1cc(B2OC(C)(C)C(C)(C)O2)c2occc2c1. The number of benzene rings is 1. The van der Waals surface area contributed by atoms with Gasteiger partial charge in [-0.3, -0.25) is 5.32 Å². The molecule has 1 N–H and O–H groups in total. The predicted molar refractivity (Wildman–Crippen MR) is 102 cm³/mol. The molecule has 1 aliphatic rings. The summed E-state index contributed by atoms with van der Waals surface area (Å²) in [4.78, 5) is 12.1. The Hall–Kier alpha value is -1.99. The number of fused-ring (bicyclic) bond motifs is 1. The normalized spacial score (nSPS) is 19.0. The molecule has 0 bridgehead atoms. The number of amides is 1. The van der Waals surface area contributed by atoms with Crippen LogP contribution in [0.3, 0.4) is 0 Å². The van der Waals surface area contributed by atoms with Crippen LogP contribution < -0.4 is 10.8 Å². The standard InChI is InChI=1S/C19H26BNO5/c1-17(2,3)24-16(22)21-13-10-12-8-9-23-15(12)14(11-13)20-25-18(4,5)19(6,7)26-20/h8-11H,1-7H3,(H,21,22). The van der Waals surface area contributed by atoms with Crippen molar-refractivity contribution in [2.45, 2.75) is 65.3 Å². The number of hydrogen-bond donors (Lipinski definition) is 1. The number of ether oxygens (including phenoxy) is 1. The quantitative estimate of drug-likeness (QED) is 0.819. The molecule has 0 saturated carbocycles. The number of hydrogen-bond acceptors (Lipinski definition) is 5. The lowest BCUT2D eigenvalue weighted by Gasteiger charge is -2.32. The Labute approximate surface area is 154 Å². The minimum atomic E-state index is -0.589. The van der Waals surface area contributed by atoms with Crippen LogP contribution >= 0.6 is 0 Å². The first kappa shape index (κ1) is 18.8. The van der Waals surface area contributed by atoms with Gasteiger partial charge in [0, 0.05) is 16.5 Å². The van der Waals surface area contributed by atoms with Crippen LogP contribution in [0.4, 0.5) is 10.5 Å². The van der Waals surface area contributed by atoms with E-state index in [9.17, 15) is 4.79 Å². The average molecular weight is 359 g/mol. The van der Waals surface area contributed by atoms with Crippen LogP contribution in [-0.2, 0) is 14.0 Å². The Morgan fingerprint density at radius 2 is 1.73 bits per heavy atom. The van der Waals surface area contributed by atoms with Crippen molar-refractivity contribution >= 4 is 35.3 Å². The molecule has 0 spiro atoms. The molecule has 0 aliphatic carbocycles. The Morgan fingerprint density at radius 1 is 1.12 bits per heavy atom. The molecular formula is C19H26BNO5. The number of nitrogens with one attached hydrogen (secondary N) is 1. The van der Waals surface area contributed by atoms with E-state index in [1.54, 1.807) is 12.3 Å². The molecule has 3 rings (SSSR count). The summed E-state index contributed by atoms with van der Waals surface area (Å²) in [6, 6.07) is 5.47. The minimum absolute atomic E-state index is 0.467. The summed E-state index contributed by atoms with van der Waals surface area (Å²) in [6.07, 6.45) is 1.09. The second kappa shape index (κ2) is 6.03. The summed E-state index contributed by atoms with van der Waals surface area (Å²) in [5.41, 5.74) is 0.502. The summed E-state index contributed by atoms with van der Waals surface area (Å²) in [5, 5.41) is 3.62. The molecule has 1 amide bonds. The van der Waals surface area contributed by atoms with Crippen molar-refractivity contribution in [2.24, 2.45) is 0 Å². The largest absolute Gasteiger partial charge is 0.498 e. The van der Waals surface area contributed by atoms with Crippen molar-refractivity contribution in [3.05, 3.63) is 24.5 Å². The molecule has 1 aromatic heterocycles. The van der Waals surface area contributed by atoms with Crippen molar-refractivity contribution in [3.63, 3.8) is 0 Å². The smallest absolute Gasteiger partial charge is 0.465 e. The van der Waals surface area contributed by atoms with E-state index in [1.165, 1.54) is 0 Å². The number of carbonyl (C=O) groups excluding carboxylic acids is 1. The van der Waals surface area contributed by atoms with Gasteiger partial charge in [-0.25, -0.2) is 4.79 Å². The lowest BCUT2D eigenvalue weighted by molar-refractivity contribution is 0.00578. The maximum absolute atomic E-state index is 12.1. The summed E-state index contributed by atoms with van der Waals surface area (Å²) in [7, 11) is -0.589. The van der Waals surface area contributed by atoms with Crippen molar-refractivity contribution < 1.29 is 23.3 Å². The summed E-state index contributed by atoms with van der Waals surface area (Å²) in [6.45, 7) is 13.4. The molecule has 6 nitrogen and oxygen atoms in total. The lowest BCUT2D eigenvalue weighted by Crippen LogP contribution is -2.41.